The lowest BCUT2D eigenvalue weighted by Crippen LogP contribution is -2.41. The molecule has 82 valence electrons. The Bertz CT molecular complexity index is 177. The first kappa shape index (κ1) is 11.4. The summed E-state index contributed by atoms with van der Waals surface area (Å²) in [6.07, 6.45) is 2.20. The highest BCUT2D eigenvalue weighted by Gasteiger charge is 2.23. The van der Waals surface area contributed by atoms with Gasteiger partial charge in [-0.1, -0.05) is 0 Å². The summed E-state index contributed by atoms with van der Waals surface area (Å²) in [5.74, 6) is 0.0365. The van der Waals surface area contributed by atoms with E-state index in [1.54, 1.807) is 0 Å². The highest BCUT2D eigenvalue weighted by Crippen LogP contribution is 2.18. The lowest BCUT2D eigenvalue weighted by molar-refractivity contribution is -0.122. The maximum atomic E-state index is 11.4. The maximum absolute atomic E-state index is 11.4. The van der Waals surface area contributed by atoms with Crippen molar-refractivity contribution < 1.29 is 9.90 Å². The van der Waals surface area contributed by atoms with Crippen molar-refractivity contribution in [2.45, 2.75) is 18.9 Å². The second kappa shape index (κ2) is 5.95. The molecule has 0 bridgehead atoms. The molecule has 1 fully saturated rings. The van der Waals surface area contributed by atoms with E-state index in [0.29, 0.717) is 32.2 Å². The van der Waals surface area contributed by atoms with E-state index >= 15 is 0 Å². The summed E-state index contributed by atoms with van der Waals surface area (Å²) in [4.78, 5) is 13.2. The topological polar surface area (TPSA) is 78.6 Å². The van der Waals surface area contributed by atoms with Gasteiger partial charge in [0, 0.05) is 25.7 Å². The Morgan fingerprint density at radius 2 is 2.21 bits per heavy atom. The molecule has 0 aromatic heterocycles. The van der Waals surface area contributed by atoms with Gasteiger partial charge in [-0.15, -0.1) is 0 Å². The molecule has 0 heterocycles. The van der Waals surface area contributed by atoms with Crippen LogP contribution < -0.4 is 11.1 Å². The van der Waals surface area contributed by atoms with Gasteiger partial charge in [-0.2, -0.15) is 0 Å². The molecule has 1 aliphatic rings. The summed E-state index contributed by atoms with van der Waals surface area (Å²) in [6.45, 7) is 2.08. The van der Waals surface area contributed by atoms with Gasteiger partial charge in [0.15, 0.2) is 0 Å². The van der Waals surface area contributed by atoms with Crippen LogP contribution in [0.1, 0.15) is 12.8 Å². The molecule has 1 rings (SSSR count). The van der Waals surface area contributed by atoms with Crippen LogP contribution >= 0.6 is 0 Å². The van der Waals surface area contributed by atoms with Crippen LogP contribution in [0.4, 0.5) is 0 Å². The van der Waals surface area contributed by atoms with Crippen LogP contribution in [0.2, 0.25) is 0 Å². The fraction of sp³-hybridized carbons (Fsp3) is 0.889. The smallest absolute Gasteiger partial charge is 0.234 e. The number of aliphatic hydroxyl groups is 1. The molecule has 14 heavy (non-hydrogen) atoms. The van der Waals surface area contributed by atoms with Crippen molar-refractivity contribution in [1.82, 2.24) is 10.2 Å². The van der Waals surface area contributed by atoms with Crippen molar-refractivity contribution in [3.63, 3.8) is 0 Å². The Kier molecular flexibility index (Phi) is 4.86. The highest BCUT2D eigenvalue weighted by atomic mass is 16.3. The largest absolute Gasteiger partial charge is 0.395 e. The minimum Gasteiger partial charge on any atom is -0.395 e. The predicted molar refractivity (Wildman–Crippen MR) is 53.7 cm³/mol. The molecule has 0 aromatic carbocycles. The molecule has 1 aliphatic carbocycles. The zero-order chi connectivity index (χ0) is 10.4. The Hall–Kier alpha value is -0.650. The third-order valence-corrected chi connectivity index (χ3v) is 2.17. The SMILES string of the molecule is NCCN(CCO)CC(=O)NC1CC1. The van der Waals surface area contributed by atoms with Gasteiger partial charge in [0.1, 0.15) is 0 Å². The normalized spacial score (nSPS) is 15.9. The van der Waals surface area contributed by atoms with Crippen molar-refractivity contribution >= 4 is 5.91 Å². The molecule has 4 N–H and O–H groups in total. The number of aliphatic hydroxyl groups excluding tert-OH is 1. The molecular formula is C9H19N3O2. The molecule has 0 saturated heterocycles. The fourth-order valence-electron chi connectivity index (χ4n) is 1.30. The average molecular weight is 201 g/mol. The summed E-state index contributed by atoms with van der Waals surface area (Å²) in [6, 6.07) is 0.399. The van der Waals surface area contributed by atoms with E-state index in [1.165, 1.54) is 0 Å². The molecule has 0 unspecified atom stereocenters. The van der Waals surface area contributed by atoms with Gasteiger partial charge in [-0.25, -0.2) is 0 Å². The van der Waals surface area contributed by atoms with Crippen molar-refractivity contribution in [1.29, 1.82) is 0 Å². The van der Waals surface area contributed by atoms with Crippen molar-refractivity contribution in [2.24, 2.45) is 5.73 Å². The first-order valence-electron chi connectivity index (χ1n) is 5.09. The van der Waals surface area contributed by atoms with E-state index in [0.717, 1.165) is 12.8 Å². The third kappa shape index (κ3) is 4.55. The number of nitrogens with zero attached hydrogens (tertiary/aromatic N) is 1. The average Bonchev–Trinajstić information content (AvgIpc) is 2.89. The van der Waals surface area contributed by atoms with Gasteiger partial charge in [0.25, 0.3) is 0 Å². The minimum absolute atomic E-state index is 0.0365. The van der Waals surface area contributed by atoms with Crippen LogP contribution in [0.3, 0.4) is 0 Å². The van der Waals surface area contributed by atoms with E-state index in [9.17, 15) is 4.79 Å². The summed E-state index contributed by atoms with van der Waals surface area (Å²) < 4.78 is 0. The number of hydrogen-bond donors (Lipinski definition) is 3. The highest BCUT2D eigenvalue weighted by molar-refractivity contribution is 5.78. The third-order valence-electron chi connectivity index (χ3n) is 2.17. The molecular weight excluding hydrogens is 182 g/mol. The van der Waals surface area contributed by atoms with Crippen LogP contribution in [-0.4, -0.2) is 54.7 Å². The van der Waals surface area contributed by atoms with Crippen molar-refractivity contribution in [2.75, 3.05) is 32.8 Å². The number of carbonyl (C=O) groups excluding carboxylic acids is 1. The molecule has 0 spiro atoms. The van der Waals surface area contributed by atoms with Crippen molar-refractivity contribution in [3.05, 3.63) is 0 Å². The number of nitrogens with one attached hydrogen (secondary N) is 1. The summed E-state index contributed by atoms with van der Waals surface area (Å²) in [7, 11) is 0. The minimum atomic E-state index is 0.0365. The molecule has 1 saturated carbocycles. The van der Waals surface area contributed by atoms with E-state index in [1.807, 2.05) is 4.90 Å². The van der Waals surface area contributed by atoms with Crippen LogP contribution in [-0.2, 0) is 4.79 Å². The number of hydrogen-bond acceptors (Lipinski definition) is 4. The molecule has 1 amide bonds. The van der Waals surface area contributed by atoms with E-state index < -0.39 is 0 Å². The Labute approximate surface area is 84.3 Å². The second-order valence-electron chi connectivity index (χ2n) is 3.63. The molecule has 0 atom stereocenters. The predicted octanol–water partition coefficient (Wildman–Crippen LogP) is -1.48. The van der Waals surface area contributed by atoms with Crippen LogP contribution in [0.5, 0.6) is 0 Å². The zero-order valence-electron chi connectivity index (χ0n) is 8.41. The van der Waals surface area contributed by atoms with Gasteiger partial charge < -0.3 is 16.2 Å². The van der Waals surface area contributed by atoms with Crippen LogP contribution in [0.15, 0.2) is 0 Å². The number of amides is 1. The first-order valence-corrected chi connectivity index (χ1v) is 5.09. The lowest BCUT2D eigenvalue weighted by Gasteiger charge is -2.19. The second-order valence-corrected chi connectivity index (χ2v) is 3.63. The maximum Gasteiger partial charge on any atom is 0.234 e. The molecule has 0 aromatic rings. The monoisotopic (exact) mass is 201 g/mol. The first-order chi connectivity index (χ1) is 6.76. The number of rotatable bonds is 7. The molecule has 0 radical (unpaired) electrons. The molecule has 5 heteroatoms. The molecule has 0 aliphatic heterocycles. The lowest BCUT2D eigenvalue weighted by atomic mass is 10.4. The molecule has 5 nitrogen and oxygen atoms in total. The standard InChI is InChI=1S/C9H19N3O2/c10-3-4-12(5-6-13)7-9(14)11-8-1-2-8/h8,13H,1-7,10H2,(H,11,14). The van der Waals surface area contributed by atoms with Gasteiger partial charge >= 0.3 is 0 Å². The number of nitrogens with two attached hydrogens (primary N) is 1. The van der Waals surface area contributed by atoms with E-state index in [2.05, 4.69) is 5.32 Å². The summed E-state index contributed by atoms with van der Waals surface area (Å²) in [5.41, 5.74) is 5.39. The van der Waals surface area contributed by atoms with E-state index in [-0.39, 0.29) is 12.5 Å². The Balaban J connectivity index is 2.17. The van der Waals surface area contributed by atoms with Crippen molar-refractivity contribution in [3.8, 4) is 0 Å². The quantitative estimate of drug-likeness (QED) is 0.469. The Morgan fingerprint density at radius 3 is 2.71 bits per heavy atom. The van der Waals surface area contributed by atoms with Gasteiger partial charge in [0.05, 0.1) is 13.2 Å². The fourth-order valence-corrected chi connectivity index (χ4v) is 1.30. The zero-order valence-corrected chi connectivity index (χ0v) is 8.41. The summed E-state index contributed by atoms with van der Waals surface area (Å²) >= 11 is 0. The van der Waals surface area contributed by atoms with Crippen LogP contribution in [0.25, 0.3) is 0 Å². The van der Waals surface area contributed by atoms with Gasteiger partial charge in [-0.05, 0) is 12.8 Å². The van der Waals surface area contributed by atoms with Crippen LogP contribution in [0, 0.1) is 0 Å². The van der Waals surface area contributed by atoms with Gasteiger partial charge in [-0.3, -0.25) is 9.69 Å². The Morgan fingerprint density at radius 1 is 1.50 bits per heavy atom. The number of carbonyl (C=O) groups is 1. The van der Waals surface area contributed by atoms with E-state index in [4.69, 9.17) is 10.8 Å². The van der Waals surface area contributed by atoms with Gasteiger partial charge in [0.2, 0.25) is 5.91 Å². The summed E-state index contributed by atoms with van der Waals surface area (Å²) in [5, 5.41) is 11.7.